The molecule has 19 heavy (non-hydrogen) atoms. The van der Waals surface area contributed by atoms with Crippen LogP contribution in [-0.2, 0) is 9.47 Å². The number of nitrogens with two attached hydrogens (primary N) is 3. The molecule has 0 radical (unpaired) electrons. The first kappa shape index (κ1) is 13.0. The first-order valence-electron chi connectivity index (χ1n) is 6.89. The van der Waals surface area contributed by atoms with E-state index in [1.807, 2.05) is 6.08 Å². The summed E-state index contributed by atoms with van der Waals surface area (Å²) in [7, 11) is 0. The highest BCUT2D eigenvalue weighted by molar-refractivity contribution is 5.32. The lowest BCUT2D eigenvalue weighted by Crippen LogP contribution is -2.30. The molecule has 5 nitrogen and oxygen atoms in total. The summed E-state index contributed by atoms with van der Waals surface area (Å²) >= 11 is 0. The highest BCUT2D eigenvalue weighted by Crippen LogP contribution is 2.58. The molecule has 2 fully saturated rings. The lowest BCUT2D eigenvalue weighted by Gasteiger charge is -2.27. The second kappa shape index (κ2) is 4.23. The van der Waals surface area contributed by atoms with E-state index in [9.17, 15) is 0 Å². The van der Waals surface area contributed by atoms with E-state index in [1.165, 1.54) is 0 Å². The van der Waals surface area contributed by atoms with Crippen molar-refractivity contribution in [3.05, 3.63) is 23.5 Å². The van der Waals surface area contributed by atoms with E-state index in [2.05, 4.69) is 19.9 Å². The highest BCUT2D eigenvalue weighted by atomic mass is 16.7. The summed E-state index contributed by atoms with van der Waals surface area (Å²) < 4.78 is 11.2. The van der Waals surface area contributed by atoms with E-state index in [0.29, 0.717) is 19.1 Å². The molecule has 1 saturated carbocycles. The Morgan fingerprint density at radius 2 is 1.84 bits per heavy atom. The molecule has 0 spiro atoms. The second-order valence-corrected chi connectivity index (χ2v) is 6.20. The third-order valence-corrected chi connectivity index (χ3v) is 4.89. The van der Waals surface area contributed by atoms with Crippen molar-refractivity contribution in [1.29, 1.82) is 0 Å². The van der Waals surface area contributed by atoms with Gasteiger partial charge in [0.15, 0.2) is 6.29 Å². The van der Waals surface area contributed by atoms with Crippen molar-refractivity contribution >= 4 is 0 Å². The normalized spacial score (nSPS) is 46.9. The SMILES string of the molecule is CC1C(N)=CC(N)=CC1C1C(C2OCCO2)[C@]1(C)N. The fourth-order valence-electron chi connectivity index (χ4n) is 3.68. The van der Waals surface area contributed by atoms with Crippen LogP contribution >= 0.6 is 0 Å². The fraction of sp³-hybridized carbons (Fsp3) is 0.714. The van der Waals surface area contributed by atoms with Gasteiger partial charge in [0.05, 0.1) is 13.2 Å². The Morgan fingerprint density at radius 3 is 2.47 bits per heavy atom. The number of hydrogen-bond acceptors (Lipinski definition) is 5. The van der Waals surface area contributed by atoms with E-state index in [0.717, 1.165) is 11.4 Å². The molecule has 1 saturated heterocycles. The summed E-state index contributed by atoms with van der Waals surface area (Å²) in [6.07, 6.45) is 3.76. The summed E-state index contributed by atoms with van der Waals surface area (Å²) in [6, 6.07) is 0. The van der Waals surface area contributed by atoms with E-state index in [-0.39, 0.29) is 29.6 Å². The van der Waals surface area contributed by atoms with E-state index >= 15 is 0 Å². The van der Waals surface area contributed by atoms with Crippen molar-refractivity contribution in [2.45, 2.75) is 25.7 Å². The highest BCUT2D eigenvalue weighted by Gasteiger charge is 2.66. The van der Waals surface area contributed by atoms with Crippen molar-refractivity contribution < 1.29 is 9.47 Å². The van der Waals surface area contributed by atoms with Gasteiger partial charge in [-0.1, -0.05) is 13.0 Å². The Labute approximate surface area is 113 Å². The third kappa shape index (κ3) is 1.96. The first-order valence-corrected chi connectivity index (χ1v) is 6.89. The van der Waals surface area contributed by atoms with Crippen LogP contribution in [0.15, 0.2) is 23.5 Å². The molecule has 5 heteroatoms. The van der Waals surface area contributed by atoms with Gasteiger partial charge in [0, 0.05) is 28.8 Å². The minimum atomic E-state index is -0.275. The van der Waals surface area contributed by atoms with Crippen molar-refractivity contribution in [1.82, 2.24) is 0 Å². The molecule has 0 amide bonds. The molecule has 0 aromatic rings. The molecule has 0 aromatic heterocycles. The van der Waals surface area contributed by atoms with Crippen LogP contribution in [0.3, 0.4) is 0 Å². The van der Waals surface area contributed by atoms with E-state index in [1.54, 1.807) is 0 Å². The average Bonchev–Trinajstić information content (AvgIpc) is 2.74. The van der Waals surface area contributed by atoms with Gasteiger partial charge in [0.2, 0.25) is 0 Å². The predicted molar refractivity (Wildman–Crippen MR) is 72.5 cm³/mol. The topological polar surface area (TPSA) is 96.5 Å². The smallest absolute Gasteiger partial charge is 0.162 e. The van der Waals surface area contributed by atoms with Crippen LogP contribution in [0.4, 0.5) is 0 Å². The summed E-state index contributed by atoms with van der Waals surface area (Å²) in [5, 5.41) is 0. The number of rotatable bonds is 2. The quantitative estimate of drug-likeness (QED) is 0.666. The molecular weight excluding hydrogens is 242 g/mol. The predicted octanol–water partition coefficient (Wildman–Crippen LogP) is 0.274. The minimum absolute atomic E-state index is 0.172. The van der Waals surface area contributed by atoms with Gasteiger partial charge in [-0.3, -0.25) is 0 Å². The van der Waals surface area contributed by atoms with Crippen molar-refractivity contribution in [2.75, 3.05) is 13.2 Å². The Balaban J connectivity index is 1.81. The minimum Gasteiger partial charge on any atom is -0.402 e. The van der Waals surface area contributed by atoms with Gasteiger partial charge in [0.1, 0.15) is 0 Å². The first-order chi connectivity index (χ1) is 8.93. The third-order valence-electron chi connectivity index (χ3n) is 4.89. The molecule has 1 aliphatic heterocycles. The zero-order valence-corrected chi connectivity index (χ0v) is 11.5. The Hall–Kier alpha value is -1.04. The average molecular weight is 265 g/mol. The molecule has 1 heterocycles. The number of allylic oxidation sites excluding steroid dienone is 3. The van der Waals surface area contributed by atoms with Gasteiger partial charge in [-0.2, -0.15) is 0 Å². The van der Waals surface area contributed by atoms with Gasteiger partial charge in [0.25, 0.3) is 0 Å². The Bertz CT molecular complexity index is 438. The van der Waals surface area contributed by atoms with Gasteiger partial charge < -0.3 is 26.7 Å². The Morgan fingerprint density at radius 1 is 1.21 bits per heavy atom. The lowest BCUT2D eigenvalue weighted by molar-refractivity contribution is -0.0657. The maximum Gasteiger partial charge on any atom is 0.162 e. The summed E-state index contributed by atoms with van der Waals surface area (Å²) in [5.41, 5.74) is 19.7. The summed E-state index contributed by atoms with van der Waals surface area (Å²) in [5.74, 6) is 1.04. The molecule has 6 N–H and O–H groups in total. The van der Waals surface area contributed by atoms with Gasteiger partial charge in [-0.05, 0) is 24.8 Å². The zero-order chi connectivity index (χ0) is 13.8. The van der Waals surface area contributed by atoms with Crippen LogP contribution in [0.1, 0.15) is 13.8 Å². The largest absolute Gasteiger partial charge is 0.402 e. The van der Waals surface area contributed by atoms with Crippen LogP contribution in [0.2, 0.25) is 0 Å². The summed E-state index contributed by atoms with van der Waals surface area (Å²) in [4.78, 5) is 0. The molecule has 4 unspecified atom stereocenters. The van der Waals surface area contributed by atoms with Crippen molar-refractivity contribution in [3.63, 3.8) is 0 Å². The van der Waals surface area contributed by atoms with E-state index in [4.69, 9.17) is 26.7 Å². The molecular formula is C14H23N3O2. The lowest BCUT2D eigenvalue weighted by atomic mass is 9.81. The maximum atomic E-state index is 6.43. The summed E-state index contributed by atoms with van der Waals surface area (Å²) in [6.45, 7) is 5.51. The molecule has 106 valence electrons. The molecule has 2 aliphatic carbocycles. The monoisotopic (exact) mass is 265 g/mol. The van der Waals surface area contributed by atoms with E-state index < -0.39 is 0 Å². The van der Waals surface area contributed by atoms with Crippen LogP contribution in [0.25, 0.3) is 0 Å². The van der Waals surface area contributed by atoms with Gasteiger partial charge in [-0.15, -0.1) is 0 Å². The van der Waals surface area contributed by atoms with Crippen LogP contribution < -0.4 is 17.2 Å². The molecule has 3 rings (SSSR count). The van der Waals surface area contributed by atoms with Gasteiger partial charge in [-0.25, -0.2) is 0 Å². The van der Waals surface area contributed by atoms with Crippen molar-refractivity contribution in [2.24, 2.45) is 40.9 Å². The second-order valence-electron chi connectivity index (χ2n) is 6.20. The van der Waals surface area contributed by atoms with Gasteiger partial charge >= 0.3 is 0 Å². The fourth-order valence-corrected chi connectivity index (χ4v) is 3.68. The van der Waals surface area contributed by atoms with Crippen LogP contribution in [-0.4, -0.2) is 25.0 Å². The number of ether oxygens (including phenoxy) is 2. The van der Waals surface area contributed by atoms with Crippen molar-refractivity contribution in [3.8, 4) is 0 Å². The molecule has 0 bridgehead atoms. The molecule has 5 atom stereocenters. The zero-order valence-electron chi connectivity index (χ0n) is 11.5. The molecule has 3 aliphatic rings. The van der Waals surface area contributed by atoms with Crippen LogP contribution in [0.5, 0.6) is 0 Å². The van der Waals surface area contributed by atoms with Crippen LogP contribution in [0, 0.1) is 23.7 Å². The Kier molecular flexibility index (Phi) is 2.89. The maximum absolute atomic E-state index is 6.43. The standard InChI is InChI=1S/C14H23N3O2/c1-7-9(5-8(15)6-10(7)16)11-12(14(11,2)17)13-18-3-4-19-13/h5-7,9,11-13H,3-4,15-17H2,1-2H3/t7?,9?,11?,12?,14-/m1/s1. The molecule has 0 aromatic carbocycles. The number of hydrogen-bond donors (Lipinski definition) is 3.